The van der Waals surface area contributed by atoms with E-state index >= 15 is 0 Å². The van der Waals surface area contributed by atoms with Crippen LogP contribution >= 0.6 is 34.0 Å². The number of thiophene rings is 3. The van der Waals surface area contributed by atoms with Crippen molar-refractivity contribution in [3.63, 3.8) is 0 Å². The Morgan fingerprint density at radius 2 is 0.780 bits per heavy atom. The van der Waals surface area contributed by atoms with Crippen LogP contribution in [0, 0.1) is 13.8 Å². The third-order valence-corrected chi connectivity index (χ3v) is 13.4. The van der Waals surface area contributed by atoms with Gasteiger partial charge in [0.25, 0.3) is 0 Å². The second-order valence-corrected chi connectivity index (χ2v) is 16.5. The Morgan fingerprint density at radius 1 is 0.340 bits per heavy atom. The van der Waals surface area contributed by atoms with Crippen molar-refractivity contribution >= 4 is 123 Å². The van der Waals surface area contributed by atoms with E-state index in [-0.39, 0.29) is 0 Å². The highest BCUT2D eigenvalue weighted by molar-refractivity contribution is 7.26. The van der Waals surface area contributed by atoms with Crippen LogP contribution in [0.4, 0.5) is 28.4 Å². The molecule has 10 rings (SSSR count). The molecule has 5 heteroatoms. The van der Waals surface area contributed by atoms with Crippen molar-refractivity contribution in [3.8, 4) is 0 Å². The maximum absolute atomic E-state index is 2.40. The molecule has 7 aromatic carbocycles. The molecule has 0 atom stereocenters. The van der Waals surface area contributed by atoms with Crippen LogP contribution < -0.4 is 9.80 Å². The Morgan fingerprint density at radius 3 is 1.46 bits per heavy atom. The summed E-state index contributed by atoms with van der Waals surface area (Å²) in [4.78, 5) is 4.72. The highest BCUT2D eigenvalue weighted by Crippen LogP contribution is 2.44. The number of hydrogen-bond donors (Lipinski definition) is 0. The van der Waals surface area contributed by atoms with Crippen molar-refractivity contribution in [1.82, 2.24) is 0 Å². The molecule has 0 amide bonds. The standard InChI is InChI=1S/C45H32N2S3/c1-27-8-11-29(12-9-27)47(32-14-19-37-35-17-10-28(2)22-42(35)49-44(37)25-32)33-15-20-38-36-18-13-31(24-43(36)50-45(38)26-33)46(3)30-16-21-41-39(23-30)34-6-4-5-7-40(34)48-41/h4-26H,1-3H3. The minimum absolute atomic E-state index is 1.16. The van der Waals surface area contributed by atoms with Crippen LogP contribution in [0.2, 0.25) is 0 Å². The fraction of sp³-hybridized carbons (Fsp3) is 0.0667. The Balaban J connectivity index is 1.06. The quantitative estimate of drug-likeness (QED) is 0.177. The van der Waals surface area contributed by atoms with Crippen LogP contribution in [0.25, 0.3) is 60.5 Å². The van der Waals surface area contributed by atoms with Gasteiger partial charge in [-0.05, 0) is 98.3 Å². The first-order valence-corrected chi connectivity index (χ1v) is 19.3. The first-order chi connectivity index (χ1) is 24.5. The van der Waals surface area contributed by atoms with Crippen molar-refractivity contribution in [2.45, 2.75) is 13.8 Å². The van der Waals surface area contributed by atoms with E-state index in [1.54, 1.807) is 0 Å². The van der Waals surface area contributed by atoms with E-state index in [1.165, 1.54) is 88.7 Å². The predicted molar refractivity (Wildman–Crippen MR) is 224 cm³/mol. The zero-order chi connectivity index (χ0) is 33.5. The molecule has 0 unspecified atom stereocenters. The van der Waals surface area contributed by atoms with Gasteiger partial charge in [0.1, 0.15) is 0 Å². The van der Waals surface area contributed by atoms with Crippen molar-refractivity contribution in [2.24, 2.45) is 0 Å². The maximum atomic E-state index is 2.40. The SMILES string of the molecule is Cc1ccc(N(c2ccc3c(c2)sc2cc(C)ccc23)c2ccc3c(c2)sc2cc(N(C)c4ccc5sc6ccccc6c5c4)ccc23)cc1. The lowest BCUT2D eigenvalue weighted by atomic mass is 10.1. The van der Waals surface area contributed by atoms with E-state index in [0.29, 0.717) is 0 Å². The first kappa shape index (κ1) is 29.7. The summed E-state index contributed by atoms with van der Waals surface area (Å²) >= 11 is 5.62. The Kier molecular flexibility index (Phi) is 6.79. The van der Waals surface area contributed by atoms with Gasteiger partial charge in [0, 0.05) is 96.0 Å². The van der Waals surface area contributed by atoms with Crippen LogP contribution in [-0.2, 0) is 0 Å². The van der Waals surface area contributed by atoms with E-state index in [2.05, 4.69) is 170 Å². The smallest absolute Gasteiger partial charge is 0.0476 e. The average molecular weight is 697 g/mol. The zero-order valence-corrected chi connectivity index (χ0v) is 30.3. The third kappa shape index (κ3) is 4.80. The molecule has 3 heterocycles. The number of hydrogen-bond acceptors (Lipinski definition) is 5. The van der Waals surface area contributed by atoms with Crippen LogP contribution in [0.1, 0.15) is 11.1 Å². The second-order valence-electron chi connectivity index (χ2n) is 13.3. The summed E-state index contributed by atoms with van der Waals surface area (Å²) in [5.74, 6) is 0. The normalized spacial score (nSPS) is 11.9. The molecule has 2 nitrogen and oxygen atoms in total. The van der Waals surface area contributed by atoms with Gasteiger partial charge in [-0.2, -0.15) is 0 Å². The van der Waals surface area contributed by atoms with Crippen molar-refractivity contribution in [2.75, 3.05) is 16.8 Å². The van der Waals surface area contributed by atoms with Crippen molar-refractivity contribution in [1.29, 1.82) is 0 Å². The monoisotopic (exact) mass is 696 g/mol. The van der Waals surface area contributed by atoms with Gasteiger partial charge < -0.3 is 9.80 Å². The van der Waals surface area contributed by atoms with Gasteiger partial charge >= 0.3 is 0 Å². The third-order valence-electron chi connectivity index (χ3n) is 10.00. The summed E-state index contributed by atoms with van der Waals surface area (Å²) in [6.07, 6.45) is 0. The molecule has 0 spiro atoms. The number of anilines is 5. The summed E-state index contributed by atoms with van der Waals surface area (Å²) in [6, 6.07) is 52.1. The first-order valence-electron chi connectivity index (χ1n) is 16.9. The van der Waals surface area contributed by atoms with E-state index < -0.39 is 0 Å². The van der Waals surface area contributed by atoms with Gasteiger partial charge in [0.2, 0.25) is 0 Å². The van der Waals surface area contributed by atoms with E-state index in [4.69, 9.17) is 0 Å². The van der Waals surface area contributed by atoms with Crippen LogP contribution in [-0.4, -0.2) is 7.05 Å². The Hall–Kier alpha value is -5.20. The second kappa shape index (κ2) is 11.4. The summed E-state index contributed by atoms with van der Waals surface area (Å²) in [5.41, 5.74) is 8.44. The Labute approximate surface area is 302 Å². The molecule has 0 aliphatic heterocycles. The van der Waals surface area contributed by atoms with Gasteiger partial charge in [-0.3, -0.25) is 0 Å². The number of benzene rings is 7. The van der Waals surface area contributed by atoms with Gasteiger partial charge in [-0.1, -0.05) is 66.2 Å². The molecule has 0 N–H and O–H groups in total. The lowest BCUT2D eigenvalue weighted by Crippen LogP contribution is -2.09. The summed E-state index contributed by atoms with van der Waals surface area (Å²) in [5, 5.41) is 7.91. The largest absolute Gasteiger partial charge is 0.345 e. The highest BCUT2D eigenvalue weighted by atomic mass is 32.1. The molecule has 0 aliphatic rings. The summed E-state index contributed by atoms with van der Waals surface area (Å²) in [7, 11) is 2.18. The van der Waals surface area contributed by atoms with Crippen LogP contribution in [0.5, 0.6) is 0 Å². The average Bonchev–Trinajstić information content (AvgIpc) is 3.81. The van der Waals surface area contributed by atoms with Gasteiger partial charge in [-0.15, -0.1) is 34.0 Å². The van der Waals surface area contributed by atoms with E-state index in [1.807, 2.05) is 34.0 Å². The van der Waals surface area contributed by atoms with Crippen molar-refractivity contribution < 1.29 is 0 Å². The minimum Gasteiger partial charge on any atom is -0.345 e. The van der Waals surface area contributed by atoms with Crippen LogP contribution in [0.3, 0.4) is 0 Å². The van der Waals surface area contributed by atoms with Gasteiger partial charge in [0.15, 0.2) is 0 Å². The van der Waals surface area contributed by atoms with Gasteiger partial charge in [-0.25, -0.2) is 0 Å². The van der Waals surface area contributed by atoms with E-state index in [9.17, 15) is 0 Å². The lowest BCUT2D eigenvalue weighted by Gasteiger charge is -2.26. The molecule has 0 fully saturated rings. The van der Waals surface area contributed by atoms with Gasteiger partial charge in [0.05, 0.1) is 0 Å². The molecule has 0 saturated heterocycles. The number of rotatable bonds is 5. The molecular formula is C45H32N2S3. The number of nitrogens with zero attached hydrogens (tertiary/aromatic N) is 2. The molecule has 50 heavy (non-hydrogen) atoms. The number of aryl methyl sites for hydroxylation is 2. The minimum atomic E-state index is 1.16. The molecule has 0 saturated carbocycles. The molecule has 0 radical (unpaired) electrons. The molecule has 10 aromatic rings. The maximum Gasteiger partial charge on any atom is 0.0476 e. The molecule has 0 bridgehead atoms. The van der Waals surface area contributed by atoms with Crippen LogP contribution in [0.15, 0.2) is 140 Å². The van der Waals surface area contributed by atoms with Crippen molar-refractivity contribution in [3.05, 3.63) is 151 Å². The summed E-state index contributed by atoms with van der Waals surface area (Å²) < 4.78 is 7.91. The van der Waals surface area contributed by atoms with E-state index in [0.717, 1.165) is 11.4 Å². The molecule has 240 valence electrons. The summed E-state index contributed by atoms with van der Waals surface area (Å²) in [6.45, 7) is 4.32. The number of fused-ring (bicyclic) bond motifs is 9. The Bertz CT molecular complexity index is 2930. The molecule has 0 aliphatic carbocycles. The highest BCUT2D eigenvalue weighted by Gasteiger charge is 2.17. The lowest BCUT2D eigenvalue weighted by molar-refractivity contribution is 1.22. The predicted octanol–water partition coefficient (Wildman–Crippen LogP) is 14.6. The molecular weight excluding hydrogens is 665 g/mol. The topological polar surface area (TPSA) is 6.48 Å². The molecule has 3 aromatic heterocycles. The fourth-order valence-electron chi connectivity index (χ4n) is 7.33. The zero-order valence-electron chi connectivity index (χ0n) is 27.9. The fourth-order valence-corrected chi connectivity index (χ4v) is 10.8.